The van der Waals surface area contributed by atoms with E-state index in [4.69, 9.17) is 17.3 Å². The number of nitrogen functional groups attached to an aromatic ring is 1. The lowest BCUT2D eigenvalue weighted by molar-refractivity contribution is -0.138. The second-order valence-electron chi connectivity index (χ2n) is 2.55. The minimum absolute atomic E-state index is 0.0448. The van der Waals surface area contributed by atoms with Crippen molar-refractivity contribution in [2.24, 2.45) is 0 Å². The van der Waals surface area contributed by atoms with Crippen molar-refractivity contribution in [3.8, 4) is 0 Å². The van der Waals surface area contributed by atoms with Crippen molar-refractivity contribution in [1.82, 2.24) is 0 Å². The van der Waals surface area contributed by atoms with E-state index in [-0.39, 0.29) is 17.1 Å². The predicted molar refractivity (Wildman–Crippen MR) is 45.4 cm³/mol. The Morgan fingerprint density at radius 3 is 2.38 bits per heavy atom. The fourth-order valence-corrected chi connectivity index (χ4v) is 1.21. The van der Waals surface area contributed by atoms with Gasteiger partial charge in [-0.25, -0.2) is 0 Å². The second kappa shape index (κ2) is 3.46. The second-order valence-corrected chi connectivity index (χ2v) is 2.82. The summed E-state index contributed by atoms with van der Waals surface area (Å²) in [5, 5.41) is 0. The molecule has 0 aliphatic rings. The monoisotopic (exact) mass is 209 g/mol. The van der Waals surface area contributed by atoms with Crippen LogP contribution in [0.25, 0.3) is 0 Å². The van der Waals surface area contributed by atoms with Gasteiger partial charge in [-0.1, -0.05) is 6.07 Å². The number of benzene rings is 1. The lowest BCUT2D eigenvalue weighted by Crippen LogP contribution is -2.09. The fourth-order valence-electron chi connectivity index (χ4n) is 0.974. The molecule has 0 aliphatic carbocycles. The molecule has 13 heavy (non-hydrogen) atoms. The molecule has 1 aromatic carbocycles. The maximum Gasteiger partial charge on any atom is 0.416 e. The SMILES string of the molecule is Nc1ccc(CCl)c(C(F)(F)F)c1. The van der Waals surface area contributed by atoms with E-state index in [0.717, 1.165) is 6.07 Å². The fraction of sp³-hybridized carbons (Fsp3) is 0.250. The van der Waals surface area contributed by atoms with Crippen molar-refractivity contribution in [3.63, 3.8) is 0 Å². The molecule has 0 saturated carbocycles. The molecule has 5 heteroatoms. The van der Waals surface area contributed by atoms with Gasteiger partial charge in [-0.2, -0.15) is 13.2 Å². The molecule has 0 heterocycles. The first kappa shape index (κ1) is 10.2. The highest BCUT2D eigenvalue weighted by Gasteiger charge is 2.33. The van der Waals surface area contributed by atoms with Gasteiger partial charge in [0, 0.05) is 11.6 Å². The first-order valence-corrected chi connectivity index (χ1v) is 4.00. The summed E-state index contributed by atoms with van der Waals surface area (Å²) >= 11 is 5.35. The zero-order valence-electron chi connectivity index (χ0n) is 6.53. The standard InChI is InChI=1S/C8H7ClF3N/c9-4-5-1-2-6(13)3-7(5)8(10,11)12/h1-3H,4,13H2. The van der Waals surface area contributed by atoms with Gasteiger partial charge >= 0.3 is 6.18 Å². The summed E-state index contributed by atoms with van der Waals surface area (Å²) in [6, 6.07) is 3.57. The minimum atomic E-state index is -4.39. The van der Waals surface area contributed by atoms with Gasteiger partial charge in [-0.05, 0) is 17.7 Å². The first-order chi connectivity index (χ1) is 5.95. The van der Waals surface area contributed by atoms with Crippen LogP contribution in [0.15, 0.2) is 18.2 Å². The maximum atomic E-state index is 12.3. The molecule has 0 aromatic heterocycles. The molecule has 0 aliphatic heterocycles. The third kappa shape index (κ3) is 2.28. The summed E-state index contributed by atoms with van der Waals surface area (Å²) < 4.78 is 36.9. The van der Waals surface area contributed by atoms with Crippen molar-refractivity contribution in [2.45, 2.75) is 12.1 Å². The maximum absolute atomic E-state index is 12.3. The van der Waals surface area contributed by atoms with Crippen molar-refractivity contribution < 1.29 is 13.2 Å². The molecule has 1 aromatic rings. The highest BCUT2D eigenvalue weighted by molar-refractivity contribution is 6.17. The average molecular weight is 210 g/mol. The number of hydrogen-bond donors (Lipinski definition) is 1. The molecule has 2 N–H and O–H groups in total. The first-order valence-electron chi connectivity index (χ1n) is 3.46. The molecule has 72 valence electrons. The lowest BCUT2D eigenvalue weighted by atomic mass is 10.1. The molecule has 0 spiro atoms. The van der Waals surface area contributed by atoms with Gasteiger partial charge in [0.05, 0.1) is 5.56 Å². The summed E-state index contributed by atoms with van der Waals surface area (Å²) in [7, 11) is 0. The Balaban J connectivity index is 3.24. The average Bonchev–Trinajstić information content (AvgIpc) is 2.03. The van der Waals surface area contributed by atoms with E-state index in [1.807, 2.05) is 0 Å². The Kier molecular flexibility index (Phi) is 2.71. The summed E-state index contributed by atoms with van der Waals surface area (Å²) in [6.07, 6.45) is -4.39. The number of alkyl halides is 4. The number of halogens is 4. The summed E-state index contributed by atoms with van der Waals surface area (Å²) in [5.74, 6) is -0.172. The van der Waals surface area contributed by atoms with E-state index in [1.54, 1.807) is 0 Å². The summed E-state index contributed by atoms with van der Waals surface area (Å²) in [6.45, 7) is 0. The van der Waals surface area contributed by atoms with E-state index in [2.05, 4.69) is 0 Å². The van der Waals surface area contributed by atoms with Gasteiger partial charge in [-0.3, -0.25) is 0 Å². The quantitative estimate of drug-likeness (QED) is 0.558. The summed E-state index contributed by atoms with van der Waals surface area (Å²) in [5.41, 5.74) is 4.60. The van der Waals surface area contributed by atoms with Crippen LogP contribution < -0.4 is 5.73 Å². The van der Waals surface area contributed by atoms with Crippen LogP contribution >= 0.6 is 11.6 Å². The van der Waals surface area contributed by atoms with Gasteiger partial charge in [0.2, 0.25) is 0 Å². The third-order valence-corrected chi connectivity index (χ3v) is 1.87. The molecule has 1 rings (SSSR count). The number of hydrogen-bond acceptors (Lipinski definition) is 1. The van der Waals surface area contributed by atoms with Crippen LogP contribution in [0.3, 0.4) is 0 Å². The largest absolute Gasteiger partial charge is 0.416 e. The number of anilines is 1. The summed E-state index contributed by atoms with van der Waals surface area (Å²) in [4.78, 5) is 0. The van der Waals surface area contributed by atoms with Crippen molar-refractivity contribution in [2.75, 3.05) is 5.73 Å². The molecule has 1 nitrogen and oxygen atoms in total. The molecule has 0 bridgehead atoms. The highest BCUT2D eigenvalue weighted by atomic mass is 35.5. The minimum Gasteiger partial charge on any atom is -0.399 e. The molecule has 0 unspecified atom stereocenters. The Labute approximate surface area is 78.3 Å². The van der Waals surface area contributed by atoms with Gasteiger partial charge in [0.15, 0.2) is 0 Å². The molecule has 0 saturated heterocycles. The van der Waals surface area contributed by atoms with Gasteiger partial charge < -0.3 is 5.73 Å². The number of nitrogens with two attached hydrogens (primary N) is 1. The van der Waals surface area contributed by atoms with Crippen molar-refractivity contribution in [1.29, 1.82) is 0 Å². The van der Waals surface area contributed by atoms with E-state index in [0.29, 0.717) is 0 Å². The zero-order chi connectivity index (χ0) is 10.1. The Hall–Kier alpha value is -0.900. The van der Waals surface area contributed by atoms with Crippen molar-refractivity contribution in [3.05, 3.63) is 29.3 Å². The van der Waals surface area contributed by atoms with Crippen LogP contribution in [-0.4, -0.2) is 0 Å². The van der Waals surface area contributed by atoms with Crippen LogP contribution in [0.4, 0.5) is 18.9 Å². The zero-order valence-corrected chi connectivity index (χ0v) is 7.28. The Morgan fingerprint density at radius 2 is 1.92 bits per heavy atom. The van der Waals surface area contributed by atoms with Gasteiger partial charge in [0.25, 0.3) is 0 Å². The smallest absolute Gasteiger partial charge is 0.399 e. The molecule has 0 atom stereocenters. The van der Waals surface area contributed by atoms with E-state index in [9.17, 15) is 13.2 Å². The molecule has 0 radical (unpaired) electrons. The van der Waals surface area contributed by atoms with Crippen LogP contribution in [0.5, 0.6) is 0 Å². The van der Waals surface area contributed by atoms with Gasteiger partial charge in [0.1, 0.15) is 0 Å². The Bertz CT molecular complexity index is 309. The lowest BCUT2D eigenvalue weighted by Gasteiger charge is -2.11. The molecule has 0 fully saturated rings. The van der Waals surface area contributed by atoms with Crippen LogP contribution in [0.2, 0.25) is 0 Å². The van der Waals surface area contributed by atoms with E-state index < -0.39 is 11.7 Å². The van der Waals surface area contributed by atoms with Crippen LogP contribution in [-0.2, 0) is 12.1 Å². The Morgan fingerprint density at radius 1 is 1.31 bits per heavy atom. The number of rotatable bonds is 1. The predicted octanol–water partition coefficient (Wildman–Crippen LogP) is 3.03. The van der Waals surface area contributed by atoms with Crippen molar-refractivity contribution >= 4 is 17.3 Å². The normalized spacial score (nSPS) is 11.7. The topological polar surface area (TPSA) is 26.0 Å². The van der Waals surface area contributed by atoms with Gasteiger partial charge in [-0.15, -0.1) is 11.6 Å². The van der Waals surface area contributed by atoms with Crippen LogP contribution in [0, 0.1) is 0 Å². The van der Waals surface area contributed by atoms with E-state index >= 15 is 0 Å². The third-order valence-electron chi connectivity index (χ3n) is 1.58. The molecular weight excluding hydrogens is 203 g/mol. The molecule has 0 amide bonds. The van der Waals surface area contributed by atoms with Crippen LogP contribution in [0.1, 0.15) is 11.1 Å². The highest BCUT2D eigenvalue weighted by Crippen LogP contribution is 2.33. The molecular formula is C8H7ClF3N. The van der Waals surface area contributed by atoms with E-state index in [1.165, 1.54) is 12.1 Å².